The third kappa shape index (κ3) is 2.84. The van der Waals surface area contributed by atoms with Gasteiger partial charge in [0, 0.05) is 13.0 Å². The predicted molar refractivity (Wildman–Crippen MR) is 62.2 cm³/mol. The van der Waals surface area contributed by atoms with Gasteiger partial charge in [-0.25, -0.2) is 4.39 Å². The van der Waals surface area contributed by atoms with Crippen molar-refractivity contribution >= 4 is 5.91 Å². The monoisotopic (exact) mass is 235 g/mol. The topological polar surface area (TPSA) is 29.5 Å². The zero-order chi connectivity index (χ0) is 12.3. The van der Waals surface area contributed by atoms with Crippen LogP contribution in [0.1, 0.15) is 12.0 Å². The minimum Gasteiger partial charge on any atom is -0.497 e. The van der Waals surface area contributed by atoms with Crippen LogP contribution in [-0.2, 0) is 11.3 Å². The summed E-state index contributed by atoms with van der Waals surface area (Å²) in [4.78, 5) is 13.1. The fourth-order valence-corrected chi connectivity index (χ4v) is 1.76. The van der Waals surface area contributed by atoms with Crippen LogP contribution in [0.15, 0.2) is 36.2 Å². The molecule has 17 heavy (non-hydrogen) atoms. The summed E-state index contributed by atoms with van der Waals surface area (Å²) in [5.41, 5.74) is 0.967. The van der Waals surface area contributed by atoms with Crippen molar-refractivity contribution in [2.45, 2.75) is 13.0 Å². The number of nitrogens with zero attached hydrogens (tertiary/aromatic N) is 1. The van der Waals surface area contributed by atoms with Crippen molar-refractivity contribution in [3.63, 3.8) is 0 Å². The van der Waals surface area contributed by atoms with Crippen LogP contribution in [0, 0.1) is 0 Å². The van der Waals surface area contributed by atoms with Crippen molar-refractivity contribution in [1.29, 1.82) is 0 Å². The first-order chi connectivity index (χ1) is 8.19. The Kier molecular flexibility index (Phi) is 3.42. The van der Waals surface area contributed by atoms with Crippen molar-refractivity contribution in [3.05, 3.63) is 41.7 Å². The van der Waals surface area contributed by atoms with Crippen LogP contribution in [-0.4, -0.2) is 24.5 Å². The molecule has 0 unspecified atom stereocenters. The average Bonchev–Trinajstić information content (AvgIpc) is 2.35. The Labute approximate surface area is 99.5 Å². The van der Waals surface area contributed by atoms with E-state index in [1.54, 1.807) is 7.11 Å². The Balaban J connectivity index is 2.04. The summed E-state index contributed by atoms with van der Waals surface area (Å²) >= 11 is 0. The van der Waals surface area contributed by atoms with Crippen molar-refractivity contribution in [1.82, 2.24) is 4.90 Å². The fraction of sp³-hybridized carbons (Fsp3) is 0.308. The molecule has 3 nitrogen and oxygen atoms in total. The highest BCUT2D eigenvalue weighted by Gasteiger charge is 2.19. The lowest BCUT2D eigenvalue weighted by atomic mass is 10.1. The summed E-state index contributed by atoms with van der Waals surface area (Å²) in [6.45, 7) is 0.509. The molecule has 1 aromatic carbocycles. The molecule has 0 bridgehead atoms. The largest absolute Gasteiger partial charge is 0.497 e. The van der Waals surface area contributed by atoms with Crippen molar-refractivity contribution < 1.29 is 13.9 Å². The van der Waals surface area contributed by atoms with Crippen LogP contribution in [0.2, 0.25) is 0 Å². The Hall–Kier alpha value is -1.84. The maximum Gasteiger partial charge on any atom is 0.227 e. The molecule has 0 aliphatic carbocycles. The molecule has 1 heterocycles. The lowest BCUT2D eigenvalue weighted by molar-refractivity contribution is -0.131. The Morgan fingerprint density at radius 2 is 2.06 bits per heavy atom. The molecule has 1 aliphatic rings. The molecule has 1 amide bonds. The minimum atomic E-state index is -0.238. The van der Waals surface area contributed by atoms with Gasteiger partial charge in [0.25, 0.3) is 0 Å². The maximum atomic E-state index is 13.1. The Morgan fingerprint density at radius 3 is 2.71 bits per heavy atom. The van der Waals surface area contributed by atoms with E-state index in [-0.39, 0.29) is 24.7 Å². The summed E-state index contributed by atoms with van der Waals surface area (Å²) in [6, 6.07) is 7.41. The second-order valence-corrected chi connectivity index (χ2v) is 3.95. The third-order valence-electron chi connectivity index (χ3n) is 2.73. The zero-order valence-corrected chi connectivity index (χ0v) is 9.65. The molecule has 4 heteroatoms. The molecule has 0 radical (unpaired) electrons. The first-order valence-electron chi connectivity index (χ1n) is 5.44. The molecule has 0 spiro atoms. The number of hydrogen-bond acceptors (Lipinski definition) is 2. The van der Waals surface area contributed by atoms with Crippen LogP contribution >= 0.6 is 0 Å². The number of halogens is 1. The van der Waals surface area contributed by atoms with E-state index in [0.29, 0.717) is 6.54 Å². The summed E-state index contributed by atoms with van der Waals surface area (Å²) in [5, 5.41) is 0. The van der Waals surface area contributed by atoms with E-state index in [1.807, 2.05) is 24.3 Å². The first-order valence-corrected chi connectivity index (χ1v) is 5.44. The van der Waals surface area contributed by atoms with Gasteiger partial charge in [0.1, 0.15) is 11.6 Å². The number of benzene rings is 1. The smallest absolute Gasteiger partial charge is 0.227 e. The lowest BCUT2D eigenvalue weighted by Gasteiger charge is -2.24. The number of methoxy groups -OCH3 is 1. The van der Waals surface area contributed by atoms with Gasteiger partial charge in [-0.05, 0) is 23.8 Å². The standard InChI is InChI=1S/C13H14FNO2/c1-17-12-5-2-10(3-6-12)8-15-9-11(14)4-7-13(15)16/h2-6H,7-9H2,1H3. The number of amides is 1. The maximum absolute atomic E-state index is 13.1. The SMILES string of the molecule is COc1ccc(CN2CC(F)=CCC2=O)cc1. The van der Waals surface area contributed by atoms with Gasteiger partial charge in [-0.1, -0.05) is 12.1 Å². The highest BCUT2D eigenvalue weighted by Crippen LogP contribution is 2.17. The third-order valence-corrected chi connectivity index (χ3v) is 2.73. The van der Waals surface area contributed by atoms with Crippen LogP contribution < -0.4 is 4.74 Å². The Morgan fingerprint density at radius 1 is 1.35 bits per heavy atom. The molecular formula is C13H14FNO2. The van der Waals surface area contributed by atoms with Gasteiger partial charge in [0.2, 0.25) is 5.91 Å². The van der Waals surface area contributed by atoms with E-state index >= 15 is 0 Å². The van der Waals surface area contributed by atoms with Gasteiger partial charge in [-0.3, -0.25) is 4.79 Å². The lowest BCUT2D eigenvalue weighted by Crippen LogP contribution is -2.33. The second-order valence-electron chi connectivity index (χ2n) is 3.95. The van der Waals surface area contributed by atoms with Crippen LogP contribution in [0.4, 0.5) is 4.39 Å². The van der Waals surface area contributed by atoms with E-state index in [9.17, 15) is 9.18 Å². The summed E-state index contributed by atoms with van der Waals surface area (Å²) in [6.07, 6.45) is 1.49. The van der Waals surface area contributed by atoms with Gasteiger partial charge < -0.3 is 9.64 Å². The van der Waals surface area contributed by atoms with Gasteiger partial charge in [0.15, 0.2) is 0 Å². The minimum absolute atomic E-state index is 0.0396. The van der Waals surface area contributed by atoms with E-state index < -0.39 is 0 Å². The number of rotatable bonds is 3. The number of carbonyl (C=O) groups is 1. The normalized spacial score (nSPS) is 15.8. The van der Waals surface area contributed by atoms with Crippen molar-refractivity contribution in [2.24, 2.45) is 0 Å². The highest BCUT2D eigenvalue weighted by molar-refractivity contribution is 5.79. The van der Waals surface area contributed by atoms with E-state index in [0.717, 1.165) is 11.3 Å². The Bertz CT molecular complexity index is 439. The highest BCUT2D eigenvalue weighted by atomic mass is 19.1. The zero-order valence-electron chi connectivity index (χ0n) is 9.65. The molecule has 0 atom stereocenters. The second kappa shape index (κ2) is 4.99. The van der Waals surface area contributed by atoms with Gasteiger partial charge in [-0.15, -0.1) is 0 Å². The number of ether oxygens (including phenoxy) is 1. The van der Waals surface area contributed by atoms with E-state index in [2.05, 4.69) is 0 Å². The predicted octanol–water partition coefficient (Wildman–Crippen LogP) is 2.28. The van der Waals surface area contributed by atoms with Gasteiger partial charge in [0.05, 0.1) is 13.7 Å². The summed E-state index contributed by atoms with van der Waals surface area (Å²) in [7, 11) is 1.60. The first kappa shape index (κ1) is 11.6. The molecule has 1 aromatic rings. The van der Waals surface area contributed by atoms with E-state index in [1.165, 1.54) is 11.0 Å². The number of hydrogen-bond donors (Lipinski definition) is 0. The molecule has 0 N–H and O–H groups in total. The number of carbonyl (C=O) groups excluding carboxylic acids is 1. The molecule has 0 fully saturated rings. The average molecular weight is 235 g/mol. The molecule has 90 valence electrons. The molecule has 0 saturated heterocycles. The summed E-state index contributed by atoms with van der Waals surface area (Å²) in [5.74, 6) is 0.491. The quantitative estimate of drug-likeness (QED) is 0.804. The van der Waals surface area contributed by atoms with E-state index in [4.69, 9.17) is 4.74 Å². The molecule has 2 rings (SSSR count). The van der Waals surface area contributed by atoms with Crippen LogP contribution in [0.25, 0.3) is 0 Å². The van der Waals surface area contributed by atoms with Crippen molar-refractivity contribution in [3.8, 4) is 5.75 Å². The van der Waals surface area contributed by atoms with Crippen LogP contribution in [0.5, 0.6) is 5.75 Å². The van der Waals surface area contributed by atoms with Gasteiger partial charge >= 0.3 is 0 Å². The van der Waals surface area contributed by atoms with Crippen LogP contribution in [0.3, 0.4) is 0 Å². The molecular weight excluding hydrogens is 221 g/mol. The summed E-state index contributed by atoms with van der Waals surface area (Å²) < 4.78 is 18.1. The van der Waals surface area contributed by atoms with Gasteiger partial charge in [-0.2, -0.15) is 0 Å². The fourth-order valence-electron chi connectivity index (χ4n) is 1.76. The molecule has 0 aromatic heterocycles. The molecule has 0 saturated carbocycles. The van der Waals surface area contributed by atoms with Crippen molar-refractivity contribution in [2.75, 3.05) is 13.7 Å². The molecule has 1 aliphatic heterocycles.